The smallest absolute Gasteiger partial charge is 0.423 e. The molecule has 0 spiro atoms. The maximum Gasteiger partial charge on any atom is 0.423 e. The Balaban J connectivity index is 1.37. The number of nitrogens with zero attached hydrogens (tertiary/aromatic N) is 6. The minimum atomic E-state index is -4.70. The quantitative estimate of drug-likeness (QED) is 0.473. The van der Waals surface area contributed by atoms with Crippen molar-refractivity contribution < 1.29 is 40.6 Å². The molecule has 10 nitrogen and oxygen atoms in total. The molecule has 0 aromatic carbocycles. The van der Waals surface area contributed by atoms with E-state index in [1.54, 1.807) is 0 Å². The van der Waals surface area contributed by atoms with Crippen molar-refractivity contribution in [3.8, 4) is 11.8 Å². The van der Waals surface area contributed by atoms with Gasteiger partial charge in [0.2, 0.25) is 17.7 Å². The Kier molecular flexibility index (Phi) is 6.45. The molecule has 1 aliphatic heterocycles. The van der Waals surface area contributed by atoms with Crippen LogP contribution in [0, 0.1) is 0 Å². The number of anilines is 1. The minimum absolute atomic E-state index is 0.0391. The Hall–Kier alpha value is -3.43. The molecule has 2 atom stereocenters. The van der Waals surface area contributed by atoms with E-state index in [4.69, 9.17) is 14.2 Å². The molecule has 0 bridgehead atoms. The van der Waals surface area contributed by atoms with Crippen LogP contribution in [0.5, 0.6) is 11.8 Å². The Labute approximate surface area is 205 Å². The average molecular weight is 533 g/mol. The maximum atomic E-state index is 13.5. The lowest BCUT2D eigenvalue weighted by Gasteiger charge is -2.30. The van der Waals surface area contributed by atoms with Gasteiger partial charge in [0.05, 0.1) is 20.3 Å². The molecule has 2 aliphatic rings. The van der Waals surface area contributed by atoms with Crippen molar-refractivity contribution in [3.63, 3.8) is 0 Å². The van der Waals surface area contributed by atoms with Crippen molar-refractivity contribution in [2.24, 2.45) is 0 Å². The molecule has 4 heterocycles. The molecule has 200 valence electrons. The predicted molar refractivity (Wildman–Crippen MR) is 113 cm³/mol. The molecule has 16 heteroatoms. The van der Waals surface area contributed by atoms with Crippen molar-refractivity contribution in [1.29, 1.82) is 0 Å². The van der Waals surface area contributed by atoms with Gasteiger partial charge in [-0.25, -0.2) is 4.98 Å². The first-order chi connectivity index (χ1) is 17.5. The van der Waals surface area contributed by atoms with Gasteiger partial charge in [0, 0.05) is 24.4 Å². The summed E-state index contributed by atoms with van der Waals surface area (Å²) in [5.41, 5.74) is -2.15. The third-order valence-electron chi connectivity index (χ3n) is 6.21. The number of ether oxygens (including phenoxy) is 3. The highest BCUT2D eigenvalue weighted by Crippen LogP contribution is 2.39. The molecule has 37 heavy (non-hydrogen) atoms. The molecule has 1 aliphatic carbocycles. The Morgan fingerprint density at radius 2 is 1.76 bits per heavy atom. The molecule has 0 radical (unpaired) electrons. The number of halogens is 6. The number of hydrogen-bond acceptors (Lipinski definition) is 9. The second-order valence-electron chi connectivity index (χ2n) is 8.78. The maximum absolute atomic E-state index is 13.5. The van der Waals surface area contributed by atoms with Crippen LogP contribution in [0.4, 0.5) is 32.3 Å². The molecule has 1 N–H and O–H groups in total. The first kappa shape index (κ1) is 25.2. The molecular formula is C21H21F6N7O3. The number of fused-ring (bicyclic) bond motifs is 1. The van der Waals surface area contributed by atoms with Gasteiger partial charge in [-0.3, -0.25) is 4.40 Å². The van der Waals surface area contributed by atoms with Gasteiger partial charge >= 0.3 is 12.4 Å². The van der Waals surface area contributed by atoms with E-state index in [9.17, 15) is 26.3 Å². The van der Waals surface area contributed by atoms with Crippen molar-refractivity contribution in [2.45, 2.75) is 56.1 Å². The van der Waals surface area contributed by atoms with Gasteiger partial charge in [0.15, 0.2) is 0 Å². The summed E-state index contributed by atoms with van der Waals surface area (Å²) >= 11 is 0. The fraction of sp³-hybridized carbons (Fsp3) is 0.571. The topological polar surface area (TPSA) is 109 Å². The number of methoxy groups -OCH3 is 1. The number of alkyl halides is 6. The lowest BCUT2D eigenvalue weighted by Crippen LogP contribution is -2.39. The summed E-state index contributed by atoms with van der Waals surface area (Å²) in [4.78, 5) is 11.6. The first-order valence-corrected chi connectivity index (χ1v) is 11.3. The van der Waals surface area contributed by atoms with Crippen LogP contribution in [0.15, 0.2) is 12.4 Å². The van der Waals surface area contributed by atoms with Crippen LogP contribution >= 0.6 is 0 Å². The molecular weight excluding hydrogens is 512 g/mol. The second kappa shape index (κ2) is 9.46. The highest BCUT2D eigenvalue weighted by molar-refractivity contribution is 5.39. The average Bonchev–Trinajstić information content (AvgIpc) is 3.22. The molecule has 0 amide bonds. The van der Waals surface area contributed by atoms with Gasteiger partial charge in [0.25, 0.3) is 5.78 Å². The van der Waals surface area contributed by atoms with Crippen molar-refractivity contribution >= 4 is 11.7 Å². The Morgan fingerprint density at radius 3 is 2.41 bits per heavy atom. The van der Waals surface area contributed by atoms with Crippen LogP contribution in [0.25, 0.3) is 5.78 Å². The van der Waals surface area contributed by atoms with E-state index in [1.165, 1.54) is 4.40 Å². The molecule has 5 rings (SSSR count). The zero-order valence-corrected chi connectivity index (χ0v) is 19.3. The normalized spacial score (nSPS) is 21.1. The summed E-state index contributed by atoms with van der Waals surface area (Å²) in [6.07, 6.45) is -6.06. The zero-order chi connectivity index (χ0) is 26.4. The number of aromatic nitrogens is 6. The van der Waals surface area contributed by atoms with E-state index in [-0.39, 0.29) is 36.9 Å². The number of hydrogen-bond donors (Lipinski definition) is 1. The van der Waals surface area contributed by atoms with E-state index >= 15 is 0 Å². The van der Waals surface area contributed by atoms with Crippen LogP contribution < -0.4 is 14.8 Å². The minimum Gasteiger partial charge on any atom is -0.480 e. The molecule has 1 saturated heterocycles. The Bertz CT molecular complexity index is 1280. The van der Waals surface area contributed by atoms with Gasteiger partial charge < -0.3 is 19.5 Å². The summed E-state index contributed by atoms with van der Waals surface area (Å²) in [7, 11) is 1.09. The molecule has 0 unspecified atom stereocenters. The lowest BCUT2D eigenvalue weighted by molar-refractivity contribution is -0.143. The van der Waals surface area contributed by atoms with Gasteiger partial charge in [-0.1, -0.05) is 6.42 Å². The monoisotopic (exact) mass is 533 g/mol. The standard InChI is InChI=1S/C21H21F6N7O3/c1-35-16-14(21(25,26)27)7-34-15(32-33-19(34)31-16)10-3-2-4-11(5-10)29-18-28-6-13(20(22,23)24)17(30-18)37-12-8-36-9-12/h6-7,10-12H,2-5,8-9H2,1H3,(H,28,29,30)/t10-,11+/m0/s1. The fourth-order valence-corrected chi connectivity index (χ4v) is 4.36. The van der Waals surface area contributed by atoms with Crippen LogP contribution in [0.2, 0.25) is 0 Å². The third-order valence-corrected chi connectivity index (χ3v) is 6.21. The van der Waals surface area contributed by atoms with Crippen molar-refractivity contribution in [2.75, 3.05) is 25.6 Å². The second-order valence-corrected chi connectivity index (χ2v) is 8.78. The Morgan fingerprint density at radius 1 is 1.00 bits per heavy atom. The van der Waals surface area contributed by atoms with Gasteiger partial charge in [-0.05, 0) is 19.3 Å². The van der Waals surface area contributed by atoms with Crippen molar-refractivity contribution in [1.82, 2.24) is 29.5 Å². The summed E-state index contributed by atoms with van der Waals surface area (Å²) < 4.78 is 96.9. The largest absolute Gasteiger partial charge is 0.480 e. The van der Waals surface area contributed by atoms with E-state index < -0.39 is 41.3 Å². The molecule has 1 saturated carbocycles. The molecule has 3 aromatic heterocycles. The van der Waals surface area contributed by atoms with Crippen LogP contribution in [0.3, 0.4) is 0 Å². The van der Waals surface area contributed by atoms with Crippen LogP contribution in [0.1, 0.15) is 48.6 Å². The van der Waals surface area contributed by atoms with Gasteiger partial charge in [-0.2, -0.15) is 36.3 Å². The summed E-state index contributed by atoms with van der Waals surface area (Å²) in [5.74, 6) is -1.28. The fourth-order valence-electron chi connectivity index (χ4n) is 4.36. The lowest BCUT2D eigenvalue weighted by atomic mass is 9.85. The van der Waals surface area contributed by atoms with Gasteiger partial charge in [0.1, 0.15) is 23.1 Å². The van der Waals surface area contributed by atoms with Crippen molar-refractivity contribution in [3.05, 3.63) is 29.3 Å². The number of rotatable bonds is 6. The van der Waals surface area contributed by atoms with E-state index in [2.05, 4.69) is 30.5 Å². The van der Waals surface area contributed by atoms with E-state index in [0.717, 1.165) is 13.3 Å². The van der Waals surface area contributed by atoms with E-state index in [0.29, 0.717) is 37.7 Å². The predicted octanol–water partition coefficient (Wildman–Crippen LogP) is 3.88. The molecule has 3 aromatic rings. The van der Waals surface area contributed by atoms with Crippen LogP contribution in [-0.4, -0.2) is 62.0 Å². The van der Waals surface area contributed by atoms with Gasteiger partial charge in [-0.15, -0.1) is 10.2 Å². The zero-order valence-electron chi connectivity index (χ0n) is 19.3. The SMILES string of the molecule is COc1nc2nnc([C@H]3CCC[C@@H](Nc4ncc(C(F)(F)F)c(OC5COC5)n4)C3)n2cc1C(F)(F)F. The summed E-state index contributed by atoms with van der Waals surface area (Å²) in [5, 5.41) is 11.0. The third kappa shape index (κ3) is 5.19. The summed E-state index contributed by atoms with van der Waals surface area (Å²) in [6.45, 7) is 0.328. The number of nitrogens with one attached hydrogen (secondary N) is 1. The van der Waals surface area contributed by atoms with E-state index in [1.807, 2.05) is 0 Å². The highest BCUT2D eigenvalue weighted by Gasteiger charge is 2.39. The first-order valence-electron chi connectivity index (χ1n) is 11.3. The highest BCUT2D eigenvalue weighted by atomic mass is 19.4. The molecule has 2 fully saturated rings. The van der Waals surface area contributed by atoms with Crippen LogP contribution in [-0.2, 0) is 17.1 Å². The summed E-state index contributed by atoms with van der Waals surface area (Å²) in [6, 6.07) is -0.281.